The molecule has 0 spiro atoms. The fourth-order valence-corrected chi connectivity index (χ4v) is 1.62. The van der Waals surface area contributed by atoms with Gasteiger partial charge in [0.1, 0.15) is 5.82 Å². The van der Waals surface area contributed by atoms with Gasteiger partial charge in [0.05, 0.1) is 0 Å². The van der Waals surface area contributed by atoms with E-state index in [0.717, 1.165) is 11.1 Å². The van der Waals surface area contributed by atoms with Crippen LogP contribution in [0, 0.1) is 0 Å². The van der Waals surface area contributed by atoms with Crippen LogP contribution in [0.2, 0.25) is 5.02 Å². The van der Waals surface area contributed by atoms with Gasteiger partial charge in [0.2, 0.25) is 5.95 Å². The molecule has 82 valence electrons. The Hall–Kier alpha value is -1.81. The maximum Gasteiger partial charge on any atom is 0.221 e. The Kier molecular flexibility index (Phi) is 2.92. The van der Waals surface area contributed by atoms with Gasteiger partial charge >= 0.3 is 0 Å². The normalized spacial score (nSPS) is 10.3. The SMILES string of the molecule is Nc1ncc(Cc2ccccc2Cl)c(N)n1. The minimum Gasteiger partial charge on any atom is -0.383 e. The number of anilines is 2. The molecule has 0 atom stereocenters. The van der Waals surface area contributed by atoms with Crippen LogP contribution in [0.15, 0.2) is 30.5 Å². The molecule has 0 fully saturated rings. The molecule has 0 radical (unpaired) electrons. The first-order valence-electron chi connectivity index (χ1n) is 4.77. The molecule has 1 heterocycles. The maximum atomic E-state index is 6.05. The van der Waals surface area contributed by atoms with E-state index < -0.39 is 0 Å². The molecule has 0 aliphatic carbocycles. The number of hydrogen-bond donors (Lipinski definition) is 2. The number of nitrogen functional groups attached to an aromatic ring is 2. The summed E-state index contributed by atoms with van der Waals surface area (Å²) in [5.41, 5.74) is 13.0. The molecule has 4 N–H and O–H groups in total. The van der Waals surface area contributed by atoms with Crippen molar-refractivity contribution in [2.24, 2.45) is 0 Å². The molecule has 5 heteroatoms. The van der Waals surface area contributed by atoms with Crippen LogP contribution < -0.4 is 11.5 Å². The summed E-state index contributed by atoms with van der Waals surface area (Å²) in [7, 11) is 0. The van der Waals surface area contributed by atoms with Crippen LogP contribution in [-0.4, -0.2) is 9.97 Å². The lowest BCUT2D eigenvalue weighted by Gasteiger charge is -2.06. The minimum absolute atomic E-state index is 0.181. The van der Waals surface area contributed by atoms with E-state index in [2.05, 4.69) is 9.97 Å². The van der Waals surface area contributed by atoms with Gasteiger partial charge in [0, 0.05) is 23.2 Å². The van der Waals surface area contributed by atoms with Crippen LogP contribution in [0.3, 0.4) is 0 Å². The highest BCUT2D eigenvalue weighted by Gasteiger charge is 2.06. The lowest BCUT2D eigenvalue weighted by atomic mass is 10.1. The number of benzene rings is 1. The summed E-state index contributed by atoms with van der Waals surface area (Å²) in [6, 6.07) is 7.59. The van der Waals surface area contributed by atoms with E-state index in [1.165, 1.54) is 0 Å². The van der Waals surface area contributed by atoms with Crippen molar-refractivity contribution in [2.75, 3.05) is 11.5 Å². The fraction of sp³-hybridized carbons (Fsp3) is 0.0909. The van der Waals surface area contributed by atoms with Gasteiger partial charge in [-0.1, -0.05) is 29.8 Å². The standard InChI is InChI=1S/C11H11ClN4/c12-9-4-2-1-3-7(9)5-8-6-15-11(14)16-10(8)13/h1-4,6H,5H2,(H4,13,14,15,16). The van der Waals surface area contributed by atoms with Gasteiger partial charge in [0.15, 0.2) is 0 Å². The third kappa shape index (κ3) is 2.23. The molecule has 4 nitrogen and oxygen atoms in total. The van der Waals surface area contributed by atoms with Crippen LogP contribution in [0.4, 0.5) is 11.8 Å². The van der Waals surface area contributed by atoms with Crippen molar-refractivity contribution >= 4 is 23.4 Å². The van der Waals surface area contributed by atoms with Gasteiger partial charge in [-0.05, 0) is 11.6 Å². The van der Waals surface area contributed by atoms with E-state index in [1.54, 1.807) is 6.20 Å². The van der Waals surface area contributed by atoms with Crippen LogP contribution in [0.5, 0.6) is 0 Å². The second-order valence-corrected chi connectivity index (χ2v) is 3.81. The predicted octanol–water partition coefficient (Wildman–Crippen LogP) is 1.89. The third-order valence-electron chi connectivity index (χ3n) is 2.26. The molecule has 2 rings (SSSR count). The quantitative estimate of drug-likeness (QED) is 0.832. The van der Waals surface area contributed by atoms with Gasteiger partial charge in [-0.25, -0.2) is 4.98 Å². The number of hydrogen-bond acceptors (Lipinski definition) is 4. The van der Waals surface area contributed by atoms with Crippen molar-refractivity contribution in [3.63, 3.8) is 0 Å². The summed E-state index contributed by atoms with van der Waals surface area (Å²) in [5, 5.41) is 0.707. The zero-order valence-corrected chi connectivity index (χ0v) is 9.28. The van der Waals surface area contributed by atoms with Crippen molar-refractivity contribution in [1.29, 1.82) is 0 Å². The highest BCUT2D eigenvalue weighted by molar-refractivity contribution is 6.31. The Balaban J connectivity index is 2.31. The van der Waals surface area contributed by atoms with Crippen LogP contribution in [0.1, 0.15) is 11.1 Å². The van der Waals surface area contributed by atoms with Gasteiger partial charge in [-0.3, -0.25) is 0 Å². The second kappa shape index (κ2) is 4.37. The summed E-state index contributed by atoms with van der Waals surface area (Å²) in [5.74, 6) is 0.577. The van der Waals surface area contributed by atoms with Crippen molar-refractivity contribution in [1.82, 2.24) is 9.97 Å². The number of rotatable bonds is 2. The molecular weight excluding hydrogens is 224 g/mol. The van der Waals surface area contributed by atoms with E-state index in [1.807, 2.05) is 24.3 Å². The number of aromatic nitrogens is 2. The Morgan fingerprint density at radius 3 is 2.56 bits per heavy atom. The number of halogens is 1. The van der Waals surface area contributed by atoms with E-state index in [0.29, 0.717) is 17.3 Å². The number of nitrogens with zero attached hydrogens (tertiary/aromatic N) is 2. The maximum absolute atomic E-state index is 6.05. The van der Waals surface area contributed by atoms with Gasteiger partial charge in [0.25, 0.3) is 0 Å². The lowest BCUT2D eigenvalue weighted by molar-refractivity contribution is 1.09. The zero-order chi connectivity index (χ0) is 11.5. The summed E-state index contributed by atoms with van der Waals surface area (Å²) in [4.78, 5) is 7.81. The molecule has 16 heavy (non-hydrogen) atoms. The molecule has 0 saturated heterocycles. The first-order valence-corrected chi connectivity index (χ1v) is 5.15. The monoisotopic (exact) mass is 234 g/mol. The average molecular weight is 235 g/mol. The van der Waals surface area contributed by atoms with Crippen LogP contribution >= 0.6 is 11.6 Å². The van der Waals surface area contributed by atoms with Crippen molar-refractivity contribution in [3.05, 3.63) is 46.6 Å². The Bertz CT molecular complexity index is 513. The highest BCUT2D eigenvalue weighted by Crippen LogP contribution is 2.20. The van der Waals surface area contributed by atoms with Crippen molar-refractivity contribution in [3.8, 4) is 0 Å². The number of nitrogens with two attached hydrogens (primary N) is 2. The van der Waals surface area contributed by atoms with Crippen molar-refractivity contribution in [2.45, 2.75) is 6.42 Å². The molecule has 0 amide bonds. The zero-order valence-electron chi connectivity index (χ0n) is 8.52. The Morgan fingerprint density at radius 2 is 1.88 bits per heavy atom. The topological polar surface area (TPSA) is 77.8 Å². The molecule has 0 aliphatic rings. The summed E-state index contributed by atoms with van der Waals surface area (Å²) in [6.07, 6.45) is 2.23. The molecule has 2 aromatic rings. The molecule has 0 saturated carbocycles. The molecule has 0 unspecified atom stereocenters. The first kappa shape index (κ1) is 10.7. The second-order valence-electron chi connectivity index (χ2n) is 3.41. The van der Waals surface area contributed by atoms with Crippen LogP contribution in [-0.2, 0) is 6.42 Å². The van der Waals surface area contributed by atoms with Gasteiger partial charge in [-0.2, -0.15) is 4.98 Å². The Labute approximate surface area is 98.3 Å². The van der Waals surface area contributed by atoms with E-state index in [4.69, 9.17) is 23.1 Å². The predicted molar refractivity (Wildman–Crippen MR) is 65.1 cm³/mol. The van der Waals surface area contributed by atoms with Gasteiger partial charge in [-0.15, -0.1) is 0 Å². The molecule has 1 aromatic heterocycles. The van der Waals surface area contributed by atoms with Crippen molar-refractivity contribution < 1.29 is 0 Å². The lowest BCUT2D eigenvalue weighted by Crippen LogP contribution is -2.04. The van der Waals surface area contributed by atoms with Gasteiger partial charge < -0.3 is 11.5 Å². The molecular formula is C11H11ClN4. The molecule has 0 bridgehead atoms. The summed E-state index contributed by atoms with van der Waals surface area (Å²) < 4.78 is 0. The van der Waals surface area contributed by atoms with Crippen LogP contribution in [0.25, 0.3) is 0 Å². The largest absolute Gasteiger partial charge is 0.383 e. The summed E-state index contributed by atoms with van der Waals surface area (Å²) in [6.45, 7) is 0. The molecule has 1 aromatic carbocycles. The van der Waals surface area contributed by atoms with E-state index in [-0.39, 0.29) is 5.95 Å². The smallest absolute Gasteiger partial charge is 0.221 e. The van der Waals surface area contributed by atoms with E-state index in [9.17, 15) is 0 Å². The minimum atomic E-state index is 0.181. The third-order valence-corrected chi connectivity index (χ3v) is 2.62. The fourth-order valence-electron chi connectivity index (χ4n) is 1.42. The van der Waals surface area contributed by atoms with E-state index >= 15 is 0 Å². The highest BCUT2D eigenvalue weighted by atomic mass is 35.5. The molecule has 0 aliphatic heterocycles. The first-order chi connectivity index (χ1) is 7.66. The average Bonchev–Trinajstić information content (AvgIpc) is 2.25. The Morgan fingerprint density at radius 1 is 1.12 bits per heavy atom. The summed E-state index contributed by atoms with van der Waals surface area (Å²) >= 11 is 6.05.